The second-order valence-corrected chi connectivity index (χ2v) is 5.82. The Balaban J connectivity index is 1.82. The van der Waals surface area contributed by atoms with Crippen LogP contribution in [0.4, 0.5) is 40.7 Å². The lowest BCUT2D eigenvalue weighted by Crippen LogP contribution is -2.17. The molecule has 0 spiro atoms. The molecular weight excluding hydrogens is 408 g/mol. The predicted molar refractivity (Wildman–Crippen MR) is 101 cm³/mol. The first-order valence-corrected chi connectivity index (χ1v) is 8.41. The van der Waals surface area contributed by atoms with E-state index in [4.69, 9.17) is 9.47 Å². The van der Waals surface area contributed by atoms with Crippen LogP contribution in [0.15, 0.2) is 48.7 Å². The van der Waals surface area contributed by atoms with Gasteiger partial charge in [-0.25, -0.2) is 9.37 Å². The summed E-state index contributed by atoms with van der Waals surface area (Å²) in [6.45, 7) is 0. The van der Waals surface area contributed by atoms with Crippen molar-refractivity contribution in [2.24, 2.45) is 0 Å². The third kappa shape index (κ3) is 5.63. The summed E-state index contributed by atoms with van der Waals surface area (Å²) in [5.41, 5.74) is 0.660. The van der Waals surface area contributed by atoms with E-state index in [1.165, 1.54) is 26.4 Å². The van der Waals surface area contributed by atoms with Crippen molar-refractivity contribution in [1.29, 1.82) is 0 Å². The van der Waals surface area contributed by atoms with Gasteiger partial charge in [-0.2, -0.15) is 4.98 Å². The van der Waals surface area contributed by atoms with Crippen LogP contribution in [0.3, 0.4) is 0 Å². The van der Waals surface area contributed by atoms with E-state index in [0.717, 1.165) is 18.3 Å². The molecule has 0 fully saturated rings. The number of ether oxygens (including phenoxy) is 3. The monoisotopic (exact) mass is 424 g/mol. The number of nitrogens with zero attached hydrogens (tertiary/aromatic N) is 2. The molecule has 0 amide bonds. The fraction of sp³-hybridized carbons (Fsp3) is 0.158. The molecule has 0 bridgehead atoms. The molecule has 7 nitrogen and oxygen atoms in total. The Morgan fingerprint density at radius 3 is 2.17 bits per heavy atom. The molecular formula is C19H16F4N4O3. The maximum atomic E-state index is 14.1. The zero-order valence-electron chi connectivity index (χ0n) is 15.7. The Morgan fingerprint density at radius 2 is 1.53 bits per heavy atom. The van der Waals surface area contributed by atoms with Crippen LogP contribution in [0.25, 0.3) is 0 Å². The summed E-state index contributed by atoms with van der Waals surface area (Å²) >= 11 is 0. The molecule has 2 N–H and O–H groups in total. The zero-order chi connectivity index (χ0) is 21.7. The summed E-state index contributed by atoms with van der Waals surface area (Å²) in [5.74, 6) is -0.435. The number of aromatic nitrogens is 2. The number of hydrogen-bond acceptors (Lipinski definition) is 7. The van der Waals surface area contributed by atoms with Crippen molar-refractivity contribution in [1.82, 2.24) is 9.97 Å². The summed E-state index contributed by atoms with van der Waals surface area (Å²) in [6.07, 6.45) is -3.92. The maximum Gasteiger partial charge on any atom is 0.573 e. The fourth-order valence-corrected chi connectivity index (χ4v) is 2.43. The van der Waals surface area contributed by atoms with Crippen LogP contribution < -0.4 is 24.8 Å². The number of benzene rings is 2. The molecule has 1 heterocycles. The largest absolute Gasteiger partial charge is 0.573 e. The van der Waals surface area contributed by atoms with E-state index in [-0.39, 0.29) is 17.5 Å². The van der Waals surface area contributed by atoms with Gasteiger partial charge in [-0.3, -0.25) is 0 Å². The number of methoxy groups -OCH3 is 2. The van der Waals surface area contributed by atoms with E-state index in [1.807, 2.05) is 0 Å². The van der Waals surface area contributed by atoms with Crippen LogP contribution in [0.5, 0.6) is 17.2 Å². The first-order chi connectivity index (χ1) is 14.3. The minimum Gasteiger partial charge on any atom is -0.497 e. The topological polar surface area (TPSA) is 77.5 Å². The lowest BCUT2D eigenvalue weighted by Gasteiger charge is -2.13. The van der Waals surface area contributed by atoms with Crippen molar-refractivity contribution in [3.8, 4) is 17.2 Å². The number of rotatable bonds is 7. The normalized spacial score (nSPS) is 11.0. The molecule has 0 saturated carbocycles. The summed E-state index contributed by atoms with van der Waals surface area (Å²) in [7, 11) is 2.98. The van der Waals surface area contributed by atoms with Crippen LogP contribution in [0, 0.1) is 5.82 Å². The molecule has 0 aliphatic rings. The molecule has 11 heteroatoms. The maximum absolute atomic E-state index is 14.1. The number of hydrogen-bond donors (Lipinski definition) is 2. The summed E-state index contributed by atoms with van der Waals surface area (Å²) < 4.78 is 65.5. The highest BCUT2D eigenvalue weighted by Gasteiger charge is 2.31. The molecule has 158 valence electrons. The number of anilines is 4. The summed E-state index contributed by atoms with van der Waals surface area (Å²) in [6, 6.07) is 9.92. The van der Waals surface area contributed by atoms with Crippen molar-refractivity contribution in [2.45, 2.75) is 6.36 Å². The Labute approximate surface area is 168 Å². The molecule has 3 rings (SSSR count). The molecule has 0 aliphatic heterocycles. The Hall–Kier alpha value is -3.76. The van der Waals surface area contributed by atoms with Gasteiger partial charge in [0, 0.05) is 35.6 Å². The first kappa shape index (κ1) is 21.0. The van der Waals surface area contributed by atoms with Gasteiger partial charge in [-0.15, -0.1) is 13.2 Å². The van der Waals surface area contributed by atoms with Crippen molar-refractivity contribution in [3.63, 3.8) is 0 Å². The molecule has 2 aromatic carbocycles. The molecule has 0 unspecified atom stereocenters. The second kappa shape index (κ2) is 8.72. The highest BCUT2D eigenvalue weighted by Crippen LogP contribution is 2.29. The molecule has 0 radical (unpaired) electrons. The highest BCUT2D eigenvalue weighted by molar-refractivity contribution is 5.63. The van der Waals surface area contributed by atoms with E-state index < -0.39 is 17.9 Å². The van der Waals surface area contributed by atoms with Gasteiger partial charge in [-0.1, -0.05) is 6.07 Å². The van der Waals surface area contributed by atoms with Gasteiger partial charge in [0.1, 0.15) is 17.2 Å². The SMILES string of the molecule is COc1cc(Nc2ncc(F)c(Nc3cccc(OC(F)(F)F)c3)n2)cc(OC)c1. The third-order valence-corrected chi connectivity index (χ3v) is 3.68. The lowest BCUT2D eigenvalue weighted by molar-refractivity contribution is -0.274. The number of alkyl halides is 3. The van der Waals surface area contributed by atoms with Gasteiger partial charge in [0.25, 0.3) is 0 Å². The lowest BCUT2D eigenvalue weighted by atomic mass is 10.3. The highest BCUT2D eigenvalue weighted by atomic mass is 19.4. The van der Waals surface area contributed by atoms with E-state index >= 15 is 0 Å². The fourth-order valence-electron chi connectivity index (χ4n) is 2.43. The van der Waals surface area contributed by atoms with Crippen molar-refractivity contribution in [2.75, 3.05) is 24.9 Å². The van der Waals surface area contributed by atoms with Gasteiger partial charge in [0.15, 0.2) is 11.6 Å². The third-order valence-electron chi connectivity index (χ3n) is 3.68. The van der Waals surface area contributed by atoms with Gasteiger partial charge in [-0.05, 0) is 12.1 Å². The standard InChI is InChI=1S/C19H16F4N4O3/c1-28-14-7-12(8-15(9-14)29-2)26-18-24-10-16(20)17(27-18)25-11-4-3-5-13(6-11)30-19(21,22)23/h3-10H,1-2H3,(H2,24,25,26,27). The van der Waals surface area contributed by atoms with Crippen LogP contribution in [-0.4, -0.2) is 30.5 Å². The number of nitrogens with one attached hydrogen (secondary N) is 2. The predicted octanol–water partition coefficient (Wildman–Crippen LogP) is 5.02. The summed E-state index contributed by atoms with van der Waals surface area (Å²) in [4.78, 5) is 7.89. The molecule has 30 heavy (non-hydrogen) atoms. The van der Waals surface area contributed by atoms with Crippen LogP contribution in [0.2, 0.25) is 0 Å². The van der Waals surface area contributed by atoms with Crippen LogP contribution >= 0.6 is 0 Å². The average Bonchev–Trinajstić information content (AvgIpc) is 2.69. The first-order valence-electron chi connectivity index (χ1n) is 8.41. The van der Waals surface area contributed by atoms with Crippen molar-refractivity contribution in [3.05, 3.63) is 54.5 Å². The molecule has 1 aromatic heterocycles. The Morgan fingerprint density at radius 1 is 0.867 bits per heavy atom. The minimum atomic E-state index is -4.84. The molecule has 0 saturated heterocycles. The van der Waals surface area contributed by atoms with Gasteiger partial charge < -0.3 is 24.8 Å². The molecule has 0 aliphatic carbocycles. The average molecular weight is 424 g/mol. The Bertz CT molecular complexity index is 1010. The quantitative estimate of drug-likeness (QED) is 0.516. The van der Waals surface area contributed by atoms with E-state index in [9.17, 15) is 17.6 Å². The van der Waals surface area contributed by atoms with Crippen molar-refractivity contribution < 1.29 is 31.8 Å². The van der Waals surface area contributed by atoms with Gasteiger partial charge in [0.05, 0.1) is 20.4 Å². The smallest absolute Gasteiger partial charge is 0.497 e. The van der Waals surface area contributed by atoms with Gasteiger partial charge in [0.2, 0.25) is 5.95 Å². The Kier molecular flexibility index (Phi) is 6.09. The van der Waals surface area contributed by atoms with Gasteiger partial charge >= 0.3 is 6.36 Å². The molecule has 3 aromatic rings. The van der Waals surface area contributed by atoms with Crippen LogP contribution in [-0.2, 0) is 0 Å². The second-order valence-electron chi connectivity index (χ2n) is 5.82. The van der Waals surface area contributed by atoms with E-state index in [2.05, 4.69) is 25.3 Å². The van der Waals surface area contributed by atoms with Crippen LogP contribution in [0.1, 0.15) is 0 Å². The van der Waals surface area contributed by atoms with E-state index in [1.54, 1.807) is 18.2 Å². The minimum absolute atomic E-state index is 0.0388. The zero-order valence-corrected chi connectivity index (χ0v) is 15.7. The van der Waals surface area contributed by atoms with Crippen molar-refractivity contribution >= 4 is 23.1 Å². The summed E-state index contributed by atoms with van der Waals surface area (Å²) in [5, 5.41) is 5.49. The number of halogens is 4. The van der Waals surface area contributed by atoms with E-state index in [0.29, 0.717) is 17.2 Å². The molecule has 0 atom stereocenters.